The first-order valence-electron chi connectivity index (χ1n) is 6.37. The number of ether oxygens (including phenoxy) is 1. The van der Waals surface area contributed by atoms with Crippen molar-refractivity contribution in [2.75, 3.05) is 0 Å². The molecule has 2 aromatic rings. The third-order valence-electron chi connectivity index (χ3n) is 2.96. The number of amides is 1. The van der Waals surface area contributed by atoms with Gasteiger partial charge in [0.2, 0.25) is 0 Å². The van der Waals surface area contributed by atoms with Crippen LogP contribution in [0.3, 0.4) is 0 Å². The summed E-state index contributed by atoms with van der Waals surface area (Å²) in [5.41, 5.74) is 4.86. The highest BCUT2D eigenvalue weighted by atomic mass is 35.5. The van der Waals surface area contributed by atoms with Gasteiger partial charge in [-0.3, -0.25) is 10.2 Å². The smallest absolute Gasteiger partial charge is 0.283 e. The standard InChI is InChI=1S/C15H16ClN3O2/c1-9-6-11(16)7-10(2)14(9)21-8-12-4-3-5-13(18-12)15(20)19-17/h3-7H,8,17H2,1-2H3,(H,19,20). The van der Waals surface area contributed by atoms with Crippen molar-refractivity contribution in [2.45, 2.75) is 20.5 Å². The summed E-state index contributed by atoms with van der Waals surface area (Å²) in [7, 11) is 0. The highest BCUT2D eigenvalue weighted by Gasteiger charge is 2.09. The minimum absolute atomic E-state index is 0.253. The van der Waals surface area contributed by atoms with E-state index in [1.165, 1.54) is 0 Å². The Labute approximate surface area is 128 Å². The third kappa shape index (κ3) is 3.71. The Morgan fingerprint density at radius 2 is 2.00 bits per heavy atom. The number of nitrogens with one attached hydrogen (secondary N) is 1. The van der Waals surface area contributed by atoms with Crippen LogP contribution in [0.25, 0.3) is 0 Å². The van der Waals surface area contributed by atoms with Crippen molar-refractivity contribution in [3.8, 4) is 5.75 Å². The average molecular weight is 306 g/mol. The van der Waals surface area contributed by atoms with Gasteiger partial charge >= 0.3 is 0 Å². The number of hydrazine groups is 1. The number of carbonyl (C=O) groups is 1. The van der Waals surface area contributed by atoms with Crippen molar-refractivity contribution < 1.29 is 9.53 Å². The largest absolute Gasteiger partial charge is 0.487 e. The predicted molar refractivity (Wildman–Crippen MR) is 81.1 cm³/mol. The van der Waals surface area contributed by atoms with Crippen molar-refractivity contribution in [3.05, 3.63) is 57.9 Å². The van der Waals surface area contributed by atoms with Crippen LogP contribution in [0.4, 0.5) is 0 Å². The molecule has 1 aromatic carbocycles. The van der Waals surface area contributed by atoms with Crippen LogP contribution in [0, 0.1) is 13.8 Å². The van der Waals surface area contributed by atoms with E-state index < -0.39 is 5.91 Å². The van der Waals surface area contributed by atoms with Crippen LogP contribution in [0.2, 0.25) is 5.02 Å². The van der Waals surface area contributed by atoms with E-state index in [2.05, 4.69) is 4.98 Å². The lowest BCUT2D eigenvalue weighted by Gasteiger charge is -2.12. The number of nitrogen functional groups attached to an aromatic ring is 1. The van der Waals surface area contributed by atoms with Gasteiger partial charge in [0.25, 0.3) is 5.91 Å². The average Bonchev–Trinajstić information content (AvgIpc) is 2.45. The Morgan fingerprint density at radius 1 is 1.33 bits per heavy atom. The van der Waals surface area contributed by atoms with E-state index >= 15 is 0 Å². The molecule has 0 atom stereocenters. The van der Waals surface area contributed by atoms with Gasteiger partial charge in [-0.05, 0) is 49.2 Å². The van der Waals surface area contributed by atoms with Crippen LogP contribution in [0.15, 0.2) is 30.3 Å². The molecule has 110 valence electrons. The van der Waals surface area contributed by atoms with Gasteiger partial charge in [-0.2, -0.15) is 0 Å². The summed E-state index contributed by atoms with van der Waals surface area (Å²) in [5, 5.41) is 0.678. The number of hydrogen-bond donors (Lipinski definition) is 2. The SMILES string of the molecule is Cc1cc(Cl)cc(C)c1OCc1cccc(C(=O)NN)n1. The van der Waals surface area contributed by atoms with Gasteiger partial charge < -0.3 is 4.74 Å². The quantitative estimate of drug-likeness (QED) is 0.517. The topological polar surface area (TPSA) is 77.2 Å². The lowest BCUT2D eigenvalue weighted by atomic mass is 10.1. The summed E-state index contributed by atoms with van der Waals surface area (Å²) >= 11 is 5.99. The number of aryl methyl sites for hydroxylation is 2. The molecule has 21 heavy (non-hydrogen) atoms. The molecule has 0 aliphatic heterocycles. The van der Waals surface area contributed by atoms with Gasteiger partial charge in [0.1, 0.15) is 18.1 Å². The highest BCUT2D eigenvalue weighted by molar-refractivity contribution is 6.30. The molecule has 0 radical (unpaired) electrons. The van der Waals surface area contributed by atoms with E-state index in [-0.39, 0.29) is 12.3 Å². The molecule has 5 nitrogen and oxygen atoms in total. The Bertz CT molecular complexity index is 651. The molecule has 0 fully saturated rings. The Hall–Kier alpha value is -2.11. The molecule has 3 N–H and O–H groups in total. The number of nitrogens with two attached hydrogens (primary N) is 1. The van der Waals surface area contributed by atoms with Crippen molar-refractivity contribution in [3.63, 3.8) is 0 Å². The lowest BCUT2D eigenvalue weighted by Crippen LogP contribution is -2.30. The molecule has 0 aliphatic rings. The normalized spacial score (nSPS) is 10.3. The molecular weight excluding hydrogens is 290 g/mol. The van der Waals surface area contributed by atoms with Gasteiger partial charge in [-0.1, -0.05) is 17.7 Å². The van der Waals surface area contributed by atoms with E-state index in [9.17, 15) is 4.79 Å². The number of rotatable bonds is 4. The summed E-state index contributed by atoms with van der Waals surface area (Å²) in [6.07, 6.45) is 0. The van der Waals surface area contributed by atoms with Crippen molar-refractivity contribution in [1.82, 2.24) is 10.4 Å². The molecule has 1 aromatic heterocycles. The predicted octanol–water partition coefficient (Wildman–Crippen LogP) is 2.53. The fourth-order valence-corrected chi connectivity index (χ4v) is 2.36. The molecule has 6 heteroatoms. The first kappa shape index (κ1) is 15.3. The van der Waals surface area contributed by atoms with E-state index in [0.717, 1.165) is 16.9 Å². The number of carbonyl (C=O) groups excluding carboxylic acids is 1. The fraction of sp³-hybridized carbons (Fsp3) is 0.200. The number of nitrogens with zero attached hydrogens (tertiary/aromatic N) is 1. The molecule has 0 saturated heterocycles. The van der Waals surface area contributed by atoms with Crippen molar-refractivity contribution in [2.24, 2.45) is 5.84 Å². The molecule has 1 amide bonds. The van der Waals surface area contributed by atoms with Gasteiger partial charge in [0.15, 0.2) is 0 Å². The summed E-state index contributed by atoms with van der Waals surface area (Å²) in [6, 6.07) is 8.79. The summed E-state index contributed by atoms with van der Waals surface area (Å²) in [6.45, 7) is 4.12. The maximum absolute atomic E-state index is 11.4. The van der Waals surface area contributed by atoms with Crippen molar-refractivity contribution >= 4 is 17.5 Å². The van der Waals surface area contributed by atoms with E-state index in [1.807, 2.05) is 31.4 Å². The highest BCUT2D eigenvalue weighted by Crippen LogP contribution is 2.27. The zero-order chi connectivity index (χ0) is 15.4. The van der Waals surface area contributed by atoms with E-state index in [4.69, 9.17) is 22.2 Å². The number of benzene rings is 1. The Morgan fingerprint density at radius 3 is 2.62 bits per heavy atom. The summed E-state index contributed by atoms with van der Waals surface area (Å²) in [5.74, 6) is 5.43. The third-order valence-corrected chi connectivity index (χ3v) is 3.18. The Balaban J connectivity index is 2.15. The van der Waals surface area contributed by atoms with Crippen LogP contribution in [0.5, 0.6) is 5.75 Å². The van der Waals surface area contributed by atoms with Crippen molar-refractivity contribution in [1.29, 1.82) is 0 Å². The minimum Gasteiger partial charge on any atom is -0.487 e. The minimum atomic E-state index is -0.435. The Kier molecular flexibility index (Phi) is 4.77. The second-order valence-electron chi connectivity index (χ2n) is 4.65. The zero-order valence-corrected chi connectivity index (χ0v) is 12.6. The molecule has 0 spiro atoms. The molecule has 0 unspecified atom stereocenters. The molecule has 2 rings (SSSR count). The number of hydrogen-bond acceptors (Lipinski definition) is 4. The van der Waals surface area contributed by atoms with Gasteiger partial charge in [0, 0.05) is 5.02 Å². The van der Waals surface area contributed by atoms with Crippen LogP contribution in [0.1, 0.15) is 27.3 Å². The zero-order valence-electron chi connectivity index (χ0n) is 11.8. The van der Waals surface area contributed by atoms with Crippen LogP contribution >= 0.6 is 11.6 Å². The maximum Gasteiger partial charge on any atom is 0.283 e. The summed E-state index contributed by atoms with van der Waals surface area (Å²) in [4.78, 5) is 15.6. The molecule has 0 saturated carbocycles. The fourth-order valence-electron chi connectivity index (χ4n) is 2.03. The number of aromatic nitrogens is 1. The molecule has 0 bridgehead atoms. The van der Waals surface area contributed by atoms with Gasteiger partial charge in [0.05, 0.1) is 5.69 Å². The molecule has 1 heterocycles. The van der Waals surface area contributed by atoms with E-state index in [0.29, 0.717) is 10.7 Å². The monoisotopic (exact) mass is 305 g/mol. The number of halogens is 1. The lowest BCUT2D eigenvalue weighted by molar-refractivity contribution is 0.0948. The maximum atomic E-state index is 11.4. The van der Waals surface area contributed by atoms with Crippen LogP contribution < -0.4 is 16.0 Å². The second kappa shape index (κ2) is 6.56. The summed E-state index contributed by atoms with van der Waals surface area (Å²) < 4.78 is 5.79. The molecule has 0 aliphatic carbocycles. The van der Waals surface area contributed by atoms with Crippen LogP contribution in [-0.4, -0.2) is 10.9 Å². The molecular formula is C15H16ClN3O2. The van der Waals surface area contributed by atoms with Gasteiger partial charge in [-0.15, -0.1) is 0 Å². The number of pyridine rings is 1. The van der Waals surface area contributed by atoms with E-state index in [1.54, 1.807) is 18.2 Å². The van der Waals surface area contributed by atoms with Gasteiger partial charge in [-0.25, -0.2) is 10.8 Å². The first-order valence-corrected chi connectivity index (χ1v) is 6.75. The second-order valence-corrected chi connectivity index (χ2v) is 5.08. The first-order chi connectivity index (χ1) is 10.0. The van der Waals surface area contributed by atoms with Crippen LogP contribution in [-0.2, 0) is 6.61 Å².